The van der Waals surface area contributed by atoms with E-state index in [2.05, 4.69) is 24.3 Å². The Morgan fingerprint density at radius 3 is 2.67 bits per heavy atom. The highest BCUT2D eigenvalue weighted by atomic mass is 16.5. The van der Waals surface area contributed by atoms with Crippen LogP contribution in [0.1, 0.15) is 36.2 Å². The van der Waals surface area contributed by atoms with Gasteiger partial charge in [0.15, 0.2) is 11.5 Å². The summed E-state index contributed by atoms with van der Waals surface area (Å²) in [5.41, 5.74) is 2.62. The van der Waals surface area contributed by atoms with E-state index in [4.69, 9.17) is 9.47 Å². The van der Waals surface area contributed by atoms with Gasteiger partial charge in [-0.3, -0.25) is 4.79 Å². The van der Waals surface area contributed by atoms with E-state index in [0.717, 1.165) is 17.7 Å². The molecule has 0 spiro atoms. The Kier molecular flexibility index (Phi) is 7.49. The SMILES string of the molecule is COc1cc(C(=O)NCCc2cnn(-c3ccccc3)c2)ccc1OCCC(C)C. The van der Waals surface area contributed by atoms with Crippen molar-refractivity contribution in [2.24, 2.45) is 5.92 Å². The molecule has 0 aliphatic heterocycles. The monoisotopic (exact) mass is 407 g/mol. The Bertz CT molecular complexity index is 951. The Morgan fingerprint density at radius 2 is 1.93 bits per heavy atom. The van der Waals surface area contributed by atoms with Crippen LogP contribution >= 0.6 is 0 Å². The lowest BCUT2D eigenvalue weighted by atomic mass is 10.1. The van der Waals surface area contributed by atoms with Gasteiger partial charge >= 0.3 is 0 Å². The summed E-state index contributed by atoms with van der Waals surface area (Å²) in [6.45, 7) is 5.45. The summed E-state index contributed by atoms with van der Waals surface area (Å²) in [4.78, 5) is 12.5. The summed E-state index contributed by atoms with van der Waals surface area (Å²) >= 11 is 0. The van der Waals surface area contributed by atoms with E-state index in [9.17, 15) is 4.79 Å². The molecular weight excluding hydrogens is 378 g/mol. The first-order valence-corrected chi connectivity index (χ1v) is 10.2. The van der Waals surface area contributed by atoms with Crippen LogP contribution < -0.4 is 14.8 Å². The van der Waals surface area contributed by atoms with Crippen LogP contribution in [0.3, 0.4) is 0 Å². The average molecular weight is 408 g/mol. The standard InChI is InChI=1S/C24H29N3O3/c1-18(2)12-14-30-22-10-9-20(15-23(22)29-3)24(28)25-13-11-19-16-26-27(17-19)21-7-5-4-6-8-21/h4-10,15-18H,11-14H2,1-3H3,(H,25,28). The minimum Gasteiger partial charge on any atom is -0.493 e. The molecule has 6 heteroatoms. The number of methoxy groups -OCH3 is 1. The van der Waals surface area contributed by atoms with Gasteiger partial charge in [-0.1, -0.05) is 32.0 Å². The molecule has 30 heavy (non-hydrogen) atoms. The van der Waals surface area contributed by atoms with Crippen LogP contribution in [0.5, 0.6) is 11.5 Å². The first kappa shape index (κ1) is 21.4. The fourth-order valence-electron chi connectivity index (χ4n) is 2.97. The maximum absolute atomic E-state index is 12.5. The molecule has 0 unspecified atom stereocenters. The second-order valence-corrected chi connectivity index (χ2v) is 7.53. The number of para-hydroxylation sites is 1. The molecule has 0 saturated heterocycles. The Hall–Kier alpha value is -3.28. The fraction of sp³-hybridized carbons (Fsp3) is 0.333. The molecule has 0 bridgehead atoms. The lowest BCUT2D eigenvalue weighted by molar-refractivity contribution is 0.0953. The lowest BCUT2D eigenvalue weighted by Crippen LogP contribution is -2.25. The minimum absolute atomic E-state index is 0.141. The summed E-state index contributed by atoms with van der Waals surface area (Å²) in [6, 6.07) is 15.2. The second-order valence-electron chi connectivity index (χ2n) is 7.53. The maximum Gasteiger partial charge on any atom is 0.251 e. The van der Waals surface area contributed by atoms with E-state index >= 15 is 0 Å². The number of ether oxygens (including phenoxy) is 2. The third kappa shape index (κ3) is 5.86. The number of hydrogen-bond donors (Lipinski definition) is 1. The van der Waals surface area contributed by atoms with Crippen molar-refractivity contribution in [3.63, 3.8) is 0 Å². The highest BCUT2D eigenvalue weighted by molar-refractivity contribution is 5.94. The van der Waals surface area contributed by atoms with Crippen molar-refractivity contribution >= 4 is 5.91 Å². The third-order valence-corrected chi connectivity index (χ3v) is 4.73. The van der Waals surface area contributed by atoms with Crippen LogP contribution in [0.15, 0.2) is 60.9 Å². The van der Waals surface area contributed by atoms with Crippen molar-refractivity contribution in [1.29, 1.82) is 0 Å². The quantitative estimate of drug-likeness (QED) is 0.545. The highest BCUT2D eigenvalue weighted by Crippen LogP contribution is 2.28. The molecule has 0 radical (unpaired) electrons. The zero-order valence-corrected chi connectivity index (χ0v) is 17.8. The normalized spacial score (nSPS) is 10.8. The summed E-state index contributed by atoms with van der Waals surface area (Å²) in [5, 5.41) is 7.34. The molecule has 1 amide bonds. The molecule has 1 N–H and O–H groups in total. The Labute approximate surface area is 177 Å². The summed E-state index contributed by atoms with van der Waals surface area (Å²) in [7, 11) is 1.58. The number of benzene rings is 2. The van der Waals surface area contributed by atoms with Crippen LogP contribution in [0.2, 0.25) is 0 Å². The predicted molar refractivity (Wildman–Crippen MR) is 118 cm³/mol. The Morgan fingerprint density at radius 1 is 1.13 bits per heavy atom. The largest absolute Gasteiger partial charge is 0.493 e. The zero-order valence-electron chi connectivity index (χ0n) is 17.8. The number of aromatic nitrogens is 2. The molecule has 158 valence electrons. The molecule has 2 aromatic carbocycles. The smallest absolute Gasteiger partial charge is 0.251 e. The summed E-state index contributed by atoms with van der Waals surface area (Å²) in [5.74, 6) is 1.65. The van der Waals surface area contributed by atoms with Gasteiger partial charge in [0.1, 0.15) is 0 Å². The van der Waals surface area contributed by atoms with E-state index in [1.165, 1.54) is 0 Å². The lowest BCUT2D eigenvalue weighted by Gasteiger charge is -2.13. The van der Waals surface area contributed by atoms with Crippen molar-refractivity contribution in [2.45, 2.75) is 26.7 Å². The van der Waals surface area contributed by atoms with Gasteiger partial charge in [0, 0.05) is 18.3 Å². The van der Waals surface area contributed by atoms with Crippen molar-refractivity contribution in [3.8, 4) is 17.2 Å². The average Bonchev–Trinajstić information content (AvgIpc) is 3.23. The van der Waals surface area contributed by atoms with E-state index in [0.29, 0.717) is 42.6 Å². The number of hydrogen-bond acceptors (Lipinski definition) is 4. The molecule has 0 aliphatic carbocycles. The van der Waals surface area contributed by atoms with Gasteiger partial charge in [0.2, 0.25) is 0 Å². The van der Waals surface area contributed by atoms with Crippen LogP contribution in [0.4, 0.5) is 0 Å². The molecule has 0 aliphatic rings. The van der Waals surface area contributed by atoms with Gasteiger partial charge in [0.05, 0.1) is 25.6 Å². The van der Waals surface area contributed by atoms with Gasteiger partial charge < -0.3 is 14.8 Å². The molecule has 1 heterocycles. The highest BCUT2D eigenvalue weighted by Gasteiger charge is 2.11. The third-order valence-electron chi connectivity index (χ3n) is 4.73. The van der Waals surface area contributed by atoms with Crippen molar-refractivity contribution < 1.29 is 14.3 Å². The topological polar surface area (TPSA) is 65.4 Å². The number of carbonyl (C=O) groups is 1. The molecule has 3 rings (SSSR count). The minimum atomic E-state index is -0.141. The van der Waals surface area contributed by atoms with Crippen LogP contribution in [-0.2, 0) is 6.42 Å². The van der Waals surface area contributed by atoms with Crippen LogP contribution in [0, 0.1) is 5.92 Å². The summed E-state index contributed by atoms with van der Waals surface area (Å²) < 4.78 is 13.0. The first-order valence-electron chi connectivity index (χ1n) is 10.2. The molecule has 1 aromatic heterocycles. The van der Waals surface area contributed by atoms with Crippen LogP contribution in [-0.4, -0.2) is 35.9 Å². The number of nitrogens with zero attached hydrogens (tertiary/aromatic N) is 2. The maximum atomic E-state index is 12.5. The summed E-state index contributed by atoms with van der Waals surface area (Å²) in [6.07, 6.45) is 5.47. The first-order chi connectivity index (χ1) is 14.6. The van der Waals surface area contributed by atoms with Gasteiger partial charge in [-0.2, -0.15) is 5.10 Å². The number of amides is 1. The van der Waals surface area contributed by atoms with Crippen molar-refractivity contribution in [3.05, 3.63) is 72.1 Å². The van der Waals surface area contributed by atoms with E-state index in [-0.39, 0.29) is 5.91 Å². The molecule has 0 atom stereocenters. The van der Waals surface area contributed by atoms with Gasteiger partial charge in [-0.05, 0) is 54.7 Å². The second kappa shape index (κ2) is 10.5. The number of carbonyl (C=O) groups excluding carboxylic acids is 1. The predicted octanol–water partition coefficient (Wildman–Crippen LogP) is 4.28. The van der Waals surface area contributed by atoms with Crippen LogP contribution in [0.25, 0.3) is 5.69 Å². The van der Waals surface area contributed by atoms with E-state index in [1.54, 1.807) is 25.3 Å². The number of rotatable bonds is 10. The number of nitrogens with one attached hydrogen (secondary N) is 1. The van der Waals surface area contributed by atoms with E-state index < -0.39 is 0 Å². The van der Waals surface area contributed by atoms with E-state index in [1.807, 2.05) is 47.4 Å². The molecule has 0 fully saturated rings. The molecular formula is C24H29N3O3. The van der Waals surface area contributed by atoms with Crippen molar-refractivity contribution in [2.75, 3.05) is 20.3 Å². The van der Waals surface area contributed by atoms with Gasteiger partial charge in [-0.25, -0.2) is 4.68 Å². The Balaban J connectivity index is 1.53. The van der Waals surface area contributed by atoms with Gasteiger partial charge in [-0.15, -0.1) is 0 Å². The molecule has 3 aromatic rings. The molecule has 6 nitrogen and oxygen atoms in total. The molecule has 0 saturated carbocycles. The zero-order chi connectivity index (χ0) is 21.3. The van der Waals surface area contributed by atoms with Crippen molar-refractivity contribution in [1.82, 2.24) is 15.1 Å². The van der Waals surface area contributed by atoms with Gasteiger partial charge in [0.25, 0.3) is 5.91 Å². The fourth-order valence-corrected chi connectivity index (χ4v) is 2.97.